The minimum absolute atomic E-state index is 0.0777. The number of rotatable bonds is 8. The number of nitrogens with zero attached hydrogens (tertiary/aromatic N) is 1. The molecule has 0 aromatic heterocycles. The van der Waals surface area contributed by atoms with Crippen molar-refractivity contribution in [3.63, 3.8) is 0 Å². The molecule has 1 aliphatic rings. The second-order valence-electron chi connectivity index (χ2n) is 7.57. The van der Waals surface area contributed by atoms with Crippen LogP contribution in [0.4, 0.5) is 0 Å². The highest BCUT2D eigenvalue weighted by Gasteiger charge is 2.24. The van der Waals surface area contributed by atoms with Gasteiger partial charge in [0.1, 0.15) is 0 Å². The molecule has 1 heterocycles. The minimum Gasteiger partial charge on any atom is -0.493 e. The molecule has 1 aliphatic heterocycles. The van der Waals surface area contributed by atoms with Crippen molar-refractivity contribution in [3.8, 4) is 11.5 Å². The van der Waals surface area contributed by atoms with Gasteiger partial charge in [-0.25, -0.2) is 0 Å². The van der Waals surface area contributed by atoms with E-state index in [4.69, 9.17) is 9.47 Å². The first-order chi connectivity index (χ1) is 14.6. The van der Waals surface area contributed by atoms with E-state index in [1.165, 1.54) is 5.56 Å². The molecule has 0 bridgehead atoms. The first-order valence-electron chi connectivity index (χ1n) is 10.4. The molecule has 2 amide bonds. The van der Waals surface area contributed by atoms with E-state index in [2.05, 4.69) is 5.32 Å². The van der Waals surface area contributed by atoms with Crippen LogP contribution in [0.15, 0.2) is 48.5 Å². The fourth-order valence-corrected chi connectivity index (χ4v) is 3.75. The second-order valence-corrected chi connectivity index (χ2v) is 7.57. The van der Waals surface area contributed by atoms with Crippen LogP contribution in [0.1, 0.15) is 30.4 Å². The number of methoxy groups -OCH3 is 2. The van der Waals surface area contributed by atoms with Crippen molar-refractivity contribution in [3.05, 3.63) is 59.7 Å². The van der Waals surface area contributed by atoms with Gasteiger partial charge in [-0.2, -0.15) is 0 Å². The van der Waals surface area contributed by atoms with Crippen molar-refractivity contribution < 1.29 is 19.1 Å². The predicted octanol–water partition coefficient (Wildman–Crippen LogP) is 2.99. The van der Waals surface area contributed by atoms with Gasteiger partial charge in [-0.15, -0.1) is 0 Å². The number of likely N-dealkylation sites (tertiary alicyclic amines) is 1. The van der Waals surface area contributed by atoms with Gasteiger partial charge in [-0.3, -0.25) is 9.59 Å². The van der Waals surface area contributed by atoms with E-state index in [-0.39, 0.29) is 17.9 Å². The molecule has 1 fully saturated rings. The third-order valence-corrected chi connectivity index (χ3v) is 5.50. The van der Waals surface area contributed by atoms with Crippen molar-refractivity contribution in [1.82, 2.24) is 10.2 Å². The summed E-state index contributed by atoms with van der Waals surface area (Å²) in [7, 11) is 3.18. The van der Waals surface area contributed by atoms with Gasteiger partial charge in [-0.05, 0) is 42.5 Å². The van der Waals surface area contributed by atoms with Crippen molar-refractivity contribution in [2.45, 2.75) is 38.1 Å². The smallest absolute Gasteiger partial charge is 0.226 e. The molecule has 0 radical (unpaired) electrons. The highest BCUT2D eigenvalue weighted by Crippen LogP contribution is 2.28. The Kier molecular flexibility index (Phi) is 7.71. The van der Waals surface area contributed by atoms with Gasteiger partial charge in [0.2, 0.25) is 11.8 Å². The van der Waals surface area contributed by atoms with Crippen LogP contribution in [0.2, 0.25) is 0 Å². The van der Waals surface area contributed by atoms with E-state index in [1.54, 1.807) is 14.2 Å². The molecule has 0 spiro atoms. The Bertz CT molecular complexity index is 846. The van der Waals surface area contributed by atoms with Gasteiger partial charge >= 0.3 is 0 Å². The van der Waals surface area contributed by atoms with E-state index in [0.29, 0.717) is 37.4 Å². The molecule has 0 aliphatic carbocycles. The number of hydrogen-bond donors (Lipinski definition) is 1. The van der Waals surface area contributed by atoms with Crippen LogP contribution in [0.3, 0.4) is 0 Å². The number of amides is 2. The molecule has 0 unspecified atom stereocenters. The molecule has 1 saturated heterocycles. The summed E-state index contributed by atoms with van der Waals surface area (Å²) in [5.41, 5.74) is 2.07. The Balaban J connectivity index is 1.42. The van der Waals surface area contributed by atoms with Crippen LogP contribution in [-0.2, 0) is 22.4 Å². The molecule has 0 saturated carbocycles. The second kappa shape index (κ2) is 10.7. The van der Waals surface area contributed by atoms with E-state index < -0.39 is 0 Å². The van der Waals surface area contributed by atoms with Crippen LogP contribution in [0.5, 0.6) is 11.5 Å². The van der Waals surface area contributed by atoms with Crippen molar-refractivity contribution in [1.29, 1.82) is 0 Å². The Labute approximate surface area is 178 Å². The van der Waals surface area contributed by atoms with Gasteiger partial charge in [0.25, 0.3) is 0 Å². The van der Waals surface area contributed by atoms with Gasteiger partial charge < -0.3 is 19.7 Å². The fraction of sp³-hybridized carbons (Fsp3) is 0.417. The molecular formula is C24H30N2O4. The maximum atomic E-state index is 12.7. The summed E-state index contributed by atoms with van der Waals surface area (Å²) in [6.07, 6.45) is 3.13. The summed E-state index contributed by atoms with van der Waals surface area (Å²) in [5, 5.41) is 3.12. The Morgan fingerprint density at radius 1 is 0.967 bits per heavy atom. The summed E-state index contributed by atoms with van der Waals surface area (Å²) >= 11 is 0. The molecule has 3 rings (SSSR count). The number of ether oxygens (including phenoxy) is 2. The highest BCUT2D eigenvalue weighted by molar-refractivity contribution is 5.79. The zero-order valence-electron chi connectivity index (χ0n) is 17.7. The maximum Gasteiger partial charge on any atom is 0.226 e. The van der Waals surface area contributed by atoms with E-state index >= 15 is 0 Å². The third kappa shape index (κ3) is 5.99. The summed E-state index contributed by atoms with van der Waals surface area (Å²) in [4.78, 5) is 26.8. The Morgan fingerprint density at radius 3 is 2.33 bits per heavy atom. The van der Waals surface area contributed by atoms with Gasteiger partial charge in [-0.1, -0.05) is 36.4 Å². The number of benzene rings is 2. The Hall–Kier alpha value is -3.02. The van der Waals surface area contributed by atoms with Gasteiger partial charge in [0.15, 0.2) is 11.5 Å². The number of aryl methyl sites for hydroxylation is 1. The normalized spacial score (nSPS) is 14.3. The lowest BCUT2D eigenvalue weighted by molar-refractivity contribution is -0.131. The molecule has 6 nitrogen and oxygen atoms in total. The molecule has 160 valence electrons. The van der Waals surface area contributed by atoms with Crippen LogP contribution < -0.4 is 14.8 Å². The van der Waals surface area contributed by atoms with Crippen LogP contribution in [0.25, 0.3) is 0 Å². The maximum absolute atomic E-state index is 12.7. The average molecular weight is 411 g/mol. The van der Waals surface area contributed by atoms with Crippen LogP contribution >= 0.6 is 0 Å². The van der Waals surface area contributed by atoms with Crippen LogP contribution in [0, 0.1) is 0 Å². The monoisotopic (exact) mass is 410 g/mol. The molecule has 1 N–H and O–H groups in total. The van der Waals surface area contributed by atoms with Crippen molar-refractivity contribution in [2.75, 3.05) is 27.3 Å². The summed E-state index contributed by atoms with van der Waals surface area (Å²) in [6.45, 7) is 1.32. The highest BCUT2D eigenvalue weighted by atomic mass is 16.5. The number of piperidine rings is 1. The van der Waals surface area contributed by atoms with Crippen molar-refractivity contribution >= 4 is 11.8 Å². The van der Waals surface area contributed by atoms with Crippen LogP contribution in [-0.4, -0.2) is 50.1 Å². The Morgan fingerprint density at radius 2 is 1.67 bits per heavy atom. The minimum atomic E-state index is 0.0777. The number of nitrogens with one attached hydrogen (secondary N) is 1. The molecular weight excluding hydrogens is 380 g/mol. The molecule has 2 aromatic rings. The molecule has 30 heavy (non-hydrogen) atoms. The van der Waals surface area contributed by atoms with Crippen molar-refractivity contribution in [2.24, 2.45) is 0 Å². The lowest BCUT2D eigenvalue weighted by Gasteiger charge is -2.32. The molecule has 0 atom stereocenters. The third-order valence-electron chi connectivity index (χ3n) is 5.50. The summed E-state index contributed by atoms with van der Waals surface area (Å²) < 4.78 is 10.6. The number of carbonyl (C=O) groups excluding carboxylic acids is 2. The zero-order chi connectivity index (χ0) is 21.3. The summed E-state index contributed by atoms with van der Waals surface area (Å²) in [5.74, 6) is 1.45. The lowest BCUT2D eigenvalue weighted by Crippen LogP contribution is -2.47. The predicted molar refractivity (Wildman–Crippen MR) is 116 cm³/mol. The van der Waals surface area contributed by atoms with Gasteiger partial charge in [0, 0.05) is 25.6 Å². The first-order valence-corrected chi connectivity index (χ1v) is 10.4. The SMILES string of the molecule is COc1ccc(CC(=O)N2CCC(NC(=O)CCc3ccccc3)CC2)cc1OC. The number of hydrogen-bond acceptors (Lipinski definition) is 4. The molecule has 2 aromatic carbocycles. The van der Waals surface area contributed by atoms with E-state index in [0.717, 1.165) is 24.8 Å². The van der Waals surface area contributed by atoms with E-state index in [9.17, 15) is 9.59 Å². The van der Waals surface area contributed by atoms with E-state index in [1.807, 2.05) is 53.4 Å². The average Bonchev–Trinajstić information content (AvgIpc) is 2.78. The first kappa shape index (κ1) is 21.7. The zero-order valence-corrected chi connectivity index (χ0v) is 17.7. The van der Waals surface area contributed by atoms with Gasteiger partial charge in [0.05, 0.1) is 20.6 Å². The standard InChI is InChI=1S/C24H30N2O4/c1-29-21-10-8-19(16-22(21)30-2)17-24(28)26-14-12-20(13-15-26)25-23(27)11-9-18-6-4-3-5-7-18/h3-8,10,16,20H,9,11-15,17H2,1-2H3,(H,25,27). The number of carbonyl (C=O) groups is 2. The fourth-order valence-electron chi connectivity index (χ4n) is 3.75. The summed E-state index contributed by atoms with van der Waals surface area (Å²) in [6, 6.07) is 15.7. The largest absolute Gasteiger partial charge is 0.493 e. The lowest BCUT2D eigenvalue weighted by atomic mass is 10.0. The molecule has 6 heteroatoms. The quantitative estimate of drug-likeness (QED) is 0.727. The topological polar surface area (TPSA) is 67.9 Å².